The van der Waals surface area contributed by atoms with Gasteiger partial charge in [0.25, 0.3) is 8.32 Å². The van der Waals surface area contributed by atoms with Crippen LogP contribution >= 0.6 is 22.6 Å². The van der Waals surface area contributed by atoms with E-state index in [2.05, 4.69) is 123 Å². The zero-order valence-corrected chi connectivity index (χ0v) is 27.7. The van der Waals surface area contributed by atoms with Crippen molar-refractivity contribution in [3.05, 3.63) is 75.7 Å². The topological polar surface area (TPSA) is 72.6 Å². The minimum absolute atomic E-state index is 0.0435. The molecule has 40 heavy (non-hydrogen) atoms. The highest BCUT2D eigenvalue weighted by Gasteiger charge is 2.50. The minimum Gasteiger partial charge on any atom is -0.481 e. The molecule has 5 nitrogen and oxygen atoms in total. The molecule has 216 valence electrons. The largest absolute Gasteiger partial charge is 0.481 e. The highest BCUT2D eigenvalue weighted by Crippen LogP contribution is 2.47. The lowest BCUT2D eigenvalue weighted by Crippen LogP contribution is -2.66. The summed E-state index contributed by atoms with van der Waals surface area (Å²) in [6.45, 7) is 11.9. The fraction of sp³-hybridized carbons (Fsp3) is 0.515. The number of carboxylic acids is 1. The van der Waals surface area contributed by atoms with Crippen molar-refractivity contribution in [1.82, 2.24) is 5.16 Å². The summed E-state index contributed by atoms with van der Waals surface area (Å²) in [5.74, 6) is 1.81. The van der Waals surface area contributed by atoms with Crippen molar-refractivity contribution < 1.29 is 18.9 Å². The Balaban J connectivity index is 1.50. The van der Waals surface area contributed by atoms with Gasteiger partial charge in [-0.1, -0.05) is 100 Å². The third-order valence-electron chi connectivity index (χ3n) is 8.33. The summed E-state index contributed by atoms with van der Waals surface area (Å²) in [4.78, 5) is 11.9. The van der Waals surface area contributed by atoms with Crippen LogP contribution in [0.1, 0.15) is 96.4 Å². The van der Waals surface area contributed by atoms with Crippen molar-refractivity contribution in [3.8, 4) is 0 Å². The molecule has 1 atom stereocenters. The molecule has 2 aromatic carbocycles. The average Bonchev–Trinajstić information content (AvgIpc) is 3.25. The summed E-state index contributed by atoms with van der Waals surface area (Å²) in [6.07, 6.45) is 5.01. The number of rotatable bonds is 13. The number of halogens is 1. The maximum Gasteiger partial charge on any atom is 0.304 e. The highest BCUT2D eigenvalue weighted by molar-refractivity contribution is 14.1. The number of nitrogens with zero attached hydrogens (tertiary/aromatic N) is 1. The monoisotopic (exact) mass is 673 g/mol. The van der Waals surface area contributed by atoms with Gasteiger partial charge in [-0.25, -0.2) is 0 Å². The van der Waals surface area contributed by atoms with Gasteiger partial charge in [0.15, 0.2) is 5.76 Å². The molecule has 1 aromatic heterocycles. The molecule has 1 aliphatic rings. The lowest BCUT2D eigenvalue weighted by molar-refractivity contribution is -0.137. The van der Waals surface area contributed by atoms with Gasteiger partial charge in [0.1, 0.15) is 5.69 Å². The van der Waals surface area contributed by atoms with Gasteiger partial charge in [0.2, 0.25) is 0 Å². The van der Waals surface area contributed by atoms with E-state index in [0.29, 0.717) is 24.9 Å². The Kier molecular flexibility index (Phi) is 10.3. The van der Waals surface area contributed by atoms with E-state index in [1.54, 1.807) is 0 Å². The van der Waals surface area contributed by atoms with Crippen LogP contribution in [-0.4, -0.2) is 31.2 Å². The molecule has 1 fully saturated rings. The molecule has 1 N–H and O–H groups in total. The van der Waals surface area contributed by atoms with Gasteiger partial charge in [0.05, 0.1) is 9.99 Å². The molecule has 0 spiro atoms. The number of hydrogen-bond donors (Lipinski definition) is 1. The molecule has 1 unspecified atom stereocenters. The van der Waals surface area contributed by atoms with E-state index in [1.807, 2.05) is 0 Å². The second-order valence-electron chi connectivity index (χ2n) is 12.9. The van der Waals surface area contributed by atoms with Crippen LogP contribution < -0.4 is 10.4 Å². The predicted octanol–water partition coefficient (Wildman–Crippen LogP) is 7.73. The standard InChI is InChI=1S/C33H44INO4Si/c1-23(2)19-24-20-26(21-24)32-30(34)31(35-39-32)25(22-29(36)37)13-12-18-38-40(33(3,4)5,27-14-8-6-9-15-27)28-16-10-7-11-17-28/h6-11,14-17,23-26H,12-13,18-22H2,1-5H3,(H,36,37). The number of carbonyl (C=O) groups is 1. The van der Waals surface area contributed by atoms with Crippen LogP contribution in [0.5, 0.6) is 0 Å². The van der Waals surface area contributed by atoms with Gasteiger partial charge in [-0.3, -0.25) is 4.79 Å². The SMILES string of the molecule is CC(C)CC1CC(c2onc(C(CCCO[Si](c3ccccc3)(c3ccccc3)C(C)(C)C)CC(=O)O)c2I)C1. The van der Waals surface area contributed by atoms with Crippen LogP contribution in [-0.2, 0) is 9.22 Å². The van der Waals surface area contributed by atoms with Crippen molar-refractivity contribution in [2.45, 2.75) is 90.0 Å². The van der Waals surface area contributed by atoms with Crippen molar-refractivity contribution >= 4 is 47.3 Å². The van der Waals surface area contributed by atoms with E-state index in [9.17, 15) is 9.90 Å². The predicted molar refractivity (Wildman–Crippen MR) is 172 cm³/mol. The first-order valence-corrected chi connectivity index (χ1v) is 17.6. The van der Waals surface area contributed by atoms with E-state index in [1.165, 1.54) is 16.8 Å². The van der Waals surface area contributed by atoms with Gasteiger partial charge >= 0.3 is 5.97 Å². The molecule has 3 aromatic rings. The van der Waals surface area contributed by atoms with Crippen molar-refractivity contribution in [2.24, 2.45) is 11.8 Å². The van der Waals surface area contributed by atoms with E-state index in [-0.39, 0.29) is 17.4 Å². The molecule has 0 bridgehead atoms. The van der Waals surface area contributed by atoms with Gasteiger partial charge in [-0.2, -0.15) is 0 Å². The van der Waals surface area contributed by atoms with E-state index < -0.39 is 14.3 Å². The maximum atomic E-state index is 11.9. The Hall–Kier alpha value is -1.97. The number of aromatic nitrogens is 1. The van der Waals surface area contributed by atoms with Gasteiger partial charge in [-0.05, 0) is 81.9 Å². The Morgan fingerprint density at radius 1 is 1.07 bits per heavy atom. The first kappa shape index (κ1) is 31.0. The first-order chi connectivity index (χ1) is 19.0. The lowest BCUT2D eigenvalue weighted by atomic mass is 9.70. The highest BCUT2D eigenvalue weighted by atomic mass is 127. The van der Waals surface area contributed by atoms with Crippen LogP contribution in [0.15, 0.2) is 65.2 Å². The normalized spacial score (nSPS) is 18.5. The third kappa shape index (κ3) is 6.90. The molecule has 0 radical (unpaired) electrons. The van der Waals surface area contributed by atoms with Gasteiger partial charge in [-0.15, -0.1) is 0 Å². The van der Waals surface area contributed by atoms with Gasteiger partial charge < -0.3 is 14.1 Å². The molecule has 0 saturated heterocycles. The summed E-state index contributed by atoms with van der Waals surface area (Å²) in [7, 11) is -2.62. The summed E-state index contributed by atoms with van der Waals surface area (Å²) < 4.78 is 13.9. The summed E-state index contributed by atoms with van der Waals surface area (Å²) in [5.41, 5.74) is 0.802. The van der Waals surface area contributed by atoms with Gasteiger partial charge in [0, 0.05) is 18.4 Å². The second kappa shape index (κ2) is 13.3. The molecule has 7 heteroatoms. The third-order valence-corrected chi connectivity index (χ3v) is 14.5. The zero-order valence-electron chi connectivity index (χ0n) is 24.5. The van der Waals surface area contributed by atoms with Crippen LogP contribution in [0.25, 0.3) is 0 Å². The number of hydrogen-bond acceptors (Lipinski definition) is 4. The lowest BCUT2D eigenvalue weighted by Gasteiger charge is -2.43. The van der Waals surface area contributed by atoms with Crippen molar-refractivity contribution in [3.63, 3.8) is 0 Å². The summed E-state index contributed by atoms with van der Waals surface area (Å²) in [6, 6.07) is 21.3. The van der Waals surface area contributed by atoms with E-state index in [0.717, 1.165) is 40.2 Å². The average molecular weight is 674 g/mol. The van der Waals surface area contributed by atoms with Crippen LogP contribution in [0, 0.1) is 15.4 Å². The molecular weight excluding hydrogens is 629 g/mol. The second-order valence-corrected chi connectivity index (χ2v) is 18.2. The van der Waals surface area contributed by atoms with Crippen LogP contribution in [0.4, 0.5) is 0 Å². The quantitative estimate of drug-likeness (QED) is 0.114. The molecule has 4 rings (SSSR count). The Morgan fingerprint density at radius 3 is 2.15 bits per heavy atom. The van der Waals surface area contributed by atoms with E-state index >= 15 is 0 Å². The Bertz CT molecular complexity index is 1190. The molecule has 1 heterocycles. The molecular formula is C33H44INO4Si. The number of carboxylic acid groups (broad SMARTS) is 1. The molecule has 1 aliphatic carbocycles. The maximum absolute atomic E-state index is 11.9. The smallest absolute Gasteiger partial charge is 0.304 e. The summed E-state index contributed by atoms with van der Waals surface area (Å²) >= 11 is 2.33. The fourth-order valence-corrected chi connectivity index (χ4v) is 12.2. The van der Waals surface area contributed by atoms with Crippen molar-refractivity contribution in [2.75, 3.05) is 6.61 Å². The summed E-state index contributed by atoms with van der Waals surface area (Å²) in [5, 5.41) is 16.6. The first-order valence-electron chi connectivity index (χ1n) is 14.6. The minimum atomic E-state index is -2.62. The fourth-order valence-electron chi connectivity index (χ4n) is 6.48. The molecule has 1 saturated carbocycles. The van der Waals surface area contributed by atoms with E-state index in [4.69, 9.17) is 8.95 Å². The van der Waals surface area contributed by atoms with Crippen molar-refractivity contribution in [1.29, 1.82) is 0 Å². The van der Waals surface area contributed by atoms with Crippen LogP contribution in [0.2, 0.25) is 5.04 Å². The molecule has 0 amide bonds. The Labute approximate surface area is 254 Å². The molecule has 0 aliphatic heterocycles. The van der Waals surface area contributed by atoms with Crippen LogP contribution in [0.3, 0.4) is 0 Å². The zero-order chi connectivity index (χ0) is 28.9. The number of aliphatic carboxylic acids is 1. The Morgan fingerprint density at radius 2 is 1.65 bits per heavy atom. The number of benzene rings is 2.